The van der Waals surface area contributed by atoms with E-state index in [1.54, 1.807) is 18.3 Å². The number of aromatic nitrogens is 2. The highest BCUT2D eigenvalue weighted by molar-refractivity contribution is 5.95. The molecule has 0 saturated carbocycles. The number of para-hydroxylation sites is 2. The summed E-state index contributed by atoms with van der Waals surface area (Å²) in [5.74, 6) is 0.214. The molecule has 0 unspecified atom stereocenters. The molecule has 0 bridgehead atoms. The van der Waals surface area contributed by atoms with Crippen LogP contribution in [0.25, 0.3) is 22.0 Å². The maximum absolute atomic E-state index is 9.88. The summed E-state index contributed by atoms with van der Waals surface area (Å²) in [6.45, 7) is 0. The SMILES string of the molecule is Oc1ccccc1Nc1cncc(-c2cccc3[nH]ccc23)c1. The van der Waals surface area contributed by atoms with E-state index in [-0.39, 0.29) is 5.75 Å². The second-order valence-electron chi connectivity index (χ2n) is 5.35. The van der Waals surface area contributed by atoms with Gasteiger partial charge in [0.1, 0.15) is 5.75 Å². The predicted molar refractivity (Wildman–Crippen MR) is 92.9 cm³/mol. The van der Waals surface area contributed by atoms with E-state index in [1.165, 1.54) is 0 Å². The summed E-state index contributed by atoms with van der Waals surface area (Å²) < 4.78 is 0. The molecule has 4 nitrogen and oxygen atoms in total. The zero-order chi connectivity index (χ0) is 15.6. The largest absolute Gasteiger partial charge is 0.506 e. The molecule has 0 atom stereocenters. The number of pyridine rings is 1. The summed E-state index contributed by atoms with van der Waals surface area (Å²) in [6, 6.07) is 17.4. The van der Waals surface area contributed by atoms with Crippen molar-refractivity contribution in [2.24, 2.45) is 0 Å². The summed E-state index contributed by atoms with van der Waals surface area (Å²) in [4.78, 5) is 7.55. The van der Waals surface area contributed by atoms with E-state index in [9.17, 15) is 5.11 Å². The van der Waals surface area contributed by atoms with Gasteiger partial charge < -0.3 is 15.4 Å². The molecule has 112 valence electrons. The van der Waals surface area contributed by atoms with Crippen LogP contribution in [0.5, 0.6) is 5.75 Å². The van der Waals surface area contributed by atoms with E-state index in [1.807, 2.05) is 36.7 Å². The fourth-order valence-corrected chi connectivity index (χ4v) is 2.73. The number of aromatic hydroxyl groups is 1. The van der Waals surface area contributed by atoms with Crippen LogP contribution in [0, 0.1) is 0 Å². The number of hydrogen-bond donors (Lipinski definition) is 3. The summed E-state index contributed by atoms with van der Waals surface area (Å²) in [6.07, 6.45) is 5.52. The van der Waals surface area contributed by atoms with Crippen molar-refractivity contribution in [3.8, 4) is 16.9 Å². The van der Waals surface area contributed by atoms with Crippen molar-refractivity contribution in [1.29, 1.82) is 0 Å². The molecule has 2 aromatic carbocycles. The van der Waals surface area contributed by atoms with Crippen LogP contribution in [0.4, 0.5) is 11.4 Å². The van der Waals surface area contributed by atoms with Crippen LogP contribution >= 0.6 is 0 Å². The first-order valence-electron chi connectivity index (χ1n) is 7.38. The first-order chi connectivity index (χ1) is 11.3. The average molecular weight is 301 g/mol. The number of aromatic amines is 1. The molecule has 4 rings (SSSR count). The molecule has 0 aliphatic carbocycles. The van der Waals surface area contributed by atoms with Crippen LogP contribution in [0.2, 0.25) is 0 Å². The van der Waals surface area contributed by atoms with Gasteiger partial charge in [-0.3, -0.25) is 4.98 Å². The standard InChI is InChI=1S/C19H15N3O/c23-19-7-2-1-5-18(19)22-14-10-13(11-20-12-14)15-4-3-6-17-16(15)8-9-21-17/h1-12,21-23H. The third-order valence-corrected chi connectivity index (χ3v) is 3.83. The Balaban J connectivity index is 1.75. The van der Waals surface area contributed by atoms with Crippen molar-refractivity contribution in [1.82, 2.24) is 9.97 Å². The molecule has 0 aliphatic rings. The van der Waals surface area contributed by atoms with Crippen molar-refractivity contribution in [2.75, 3.05) is 5.32 Å². The fraction of sp³-hybridized carbons (Fsp3) is 0. The molecule has 4 heteroatoms. The van der Waals surface area contributed by atoms with E-state index in [2.05, 4.69) is 33.5 Å². The number of fused-ring (bicyclic) bond motifs is 1. The number of nitrogens with one attached hydrogen (secondary N) is 2. The molecule has 0 amide bonds. The number of nitrogens with zero attached hydrogens (tertiary/aromatic N) is 1. The highest BCUT2D eigenvalue weighted by atomic mass is 16.3. The van der Waals surface area contributed by atoms with E-state index < -0.39 is 0 Å². The molecule has 2 heterocycles. The molecule has 0 radical (unpaired) electrons. The van der Waals surface area contributed by atoms with E-state index in [0.29, 0.717) is 5.69 Å². The first-order valence-corrected chi connectivity index (χ1v) is 7.38. The van der Waals surface area contributed by atoms with Gasteiger partial charge in [-0.05, 0) is 35.9 Å². The van der Waals surface area contributed by atoms with Gasteiger partial charge in [0, 0.05) is 28.9 Å². The Bertz CT molecular complexity index is 975. The lowest BCUT2D eigenvalue weighted by molar-refractivity contribution is 0.478. The zero-order valence-corrected chi connectivity index (χ0v) is 12.3. The van der Waals surface area contributed by atoms with Crippen molar-refractivity contribution >= 4 is 22.3 Å². The summed E-state index contributed by atoms with van der Waals surface area (Å²) >= 11 is 0. The number of H-pyrrole nitrogens is 1. The lowest BCUT2D eigenvalue weighted by atomic mass is 10.0. The summed E-state index contributed by atoms with van der Waals surface area (Å²) in [5, 5.41) is 14.2. The van der Waals surface area contributed by atoms with Gasteiger partial charge in [0.15, 0.2) is 0 Å². The Morgan fingerprint density at radius 3 is 2.78 bits per heavy atom. The van der Waals surface area contributed by atoms with Gasteiger partial charge in [-0.2, -0.15) is 0 Å². The van der Waals surface area contributed by atoms with E-state index in [4.69, 9.17) is 0 Å². The maximum Gasteiger partial charge on any atom is 0.139 e. The van der Waals surface area contributed by atoms with Crippen molar-refractivity contribution in [3.63, 3.8) is 0 Å². The lowest BCUT2D eigenvalue weighted by Gasteiger charge is -2.10. The number of phenolic OH excluding ortho intramolecular Hbond substituents is 1. The molecule has 4 aromatic rings. The number of phenols is 1. The normalized spacial score (nSPS) is 10.8. The number of anilines is 2. The van der Waals surface area contributed by atoms with Gasteiger partial charge in [-0.15, -0.1) is 0 Å². The molecule has 2 aromatic heterocycles. The highest BCUT2D eigenvalue weighted by Crippen LogP contribution is 2.31. The smallest absolute Gasteiger partial charge is 0.139 e. The molecule has 0 aliphatic heterocycles. The maximum atomic E-state index is 9.88. The Labute approximate surface area is 133 Å². The Hall–Kier alpha value is -3.27. The van der Waals surface area contributed by atoms with Crippen LogP contribution in [-0.4, -0.2) is 15.1 Å². The Kier molecular flexibility index (Phi) is 3.20. The minimum Gasteiger partial charge on any atom is -0.506 e. The Morgan fingerprint density at radius 2 is 1.87 bits per heavy atom. The van der Waals surface area contributed by atoms with Crippen LogP contribution in [0.15, 0.2) is 73.2 Å². The third-order valence-electron chi connectivity index (χ3n) is 3.83. The monoisotopic (exact) mass is 301 g/mol. The van der Waals surface area contributed by atoms with Crippen molar-refractivity contribution in [2.45, 2.75) is 0 Å². The van der Waals surface area contributed by atoms with Crippen LogP contribution in [0.3, 0.4) is 0 Å². The zero-order valence-electron chi connectivity index (χ0n) is 12.3. The van der Waals surface area contributed by atoms with Crippen molar-refractivity contribution in [3.05, 3.63) is 73.2 Å². The highest BCUT2D eigenvalue weighted by Gasteiger charge is 2.07. The number of hydrogen-bond acceptors (Lipinski definition) is 3. The summed E-state index contributed by atoms with van der Waals surface area (Å²) in [7, 11) is 0. The molecule has 0 saturated heterocycles. The first kappa shape index (κ1) is 13.4. The molecular weight excluding hydrogens is 286 g/mol. The molecule has 0 fully saturated rings. The molecular formula is C19H15N3O. The van der Waals surface area contributed by atoms with Crippen molar-refractivity contribution < 1.29 is 5.11 Å². The second kappa shape index (κ2) is 5.50. The second-order valence-corrected chi connectivity index (χ2v) is 5.35. The van der Waals surface area contributed by atoms with Gasteiger partial charge in [0.25, 0.3) is 0 Å². The fourth-order valence-electron chi connectivity index (χ4n) is 2.73. The predicted octanol–water partition coefficient (Wildman–Crippen LogP) is 4.68. The average Bonchev–Trinajstić information content (AvgIpc) is 3.06. The van der Waals surface area contributed by atoms with Gasteiger partial charge >= 0.3 is 0 Å². The van der Waals surface area contributed by atoms with Crippen LogP contribution in [-0.2, 0) is 0 Å². The summed E-state index contributed by atoms with van der Waals surface area (Å²) in [5.41, 5.74) is 4.73. The quantitative estimate of drug-likeness (QED) is 0.481. The van der Waals surface area contributed by atoms with E-state index >= 15 is 0 Å². The van der Waals surface area contributed by atoms with Gasteiger partial charge in [-0.25, -0.2) is 0 Å². The van der Waals surface area contributed by atoms with Crippen LogP contribution < -0.4 is 5.32 Å². The number of benzene rings is 2. The van der Waals surface area contributed by atoms with Gasteiger partial charge in [0.05, 0.1) is 17.6 Å². The minimum absolute atomic E-state index is 0.214. The lowest BCUT2D eigenvalue weighted by Crippen LogP contribution is -1.92. The molecule has 3 N–H and O–H groups in total. The van der Waals surface area contributed by atoms with Gasteiger partial charge in [0.2, 0.25) is 0 Å². The molecule has 23 heavy (non-hydrogen) atoms. The minimum atomic E-state index is 0.214. The topological polar surface area (TPSA) is 60.9 Å². The Morgan fingerprint density at radius 1 is 0.957 bits per heavy atom. The third kappa shape index (κ3) is 2.51. The van der Waals surface area contributed by atoms with Gasteiger partial charge in [-0.1, -0.05) is 24.3 Å². The van der Waals surface area contributed by atoms with E-state index in [0.717, 1.165) is 27.7 Å². The number of rotatable bonds is 3. The molecule has 0 spiro atoms. The van der Waals surface area contributed by atoms with Crippen LogP contribution in [0.1, 0.15) is 0 Å².